The monoisotopic (exact) mass is 375 g/mol. The number of halogens is 1. The van der Waals surface area contributed by atoms with Gasteiger partial charge < -0.3 is 19.9 Å². The number of carbonyl (C=O) groups excluding carboxylic acids is 1. The Morgan fingerprint density at radius 3 is 2.93 bits per heavy atom. The van der Waals surface area contributed by atoms with Crippen molar-refractivity contribution in [3.8, 4) is 0 Å². The van der Waals surface area contributed by atoms with Crippen molar-refractivity contribution < 1.29 is 13.9 Å². The Morgan fingerprint density at radius 1 is 1.26 bits per heavy atom. The topological polar surface area (TPSA) is 73.5 Å². The largest absolute Gasteiger partial charge is 0.379 e. The number of H-pyrrole nitrogens is 1. The quantitative estimate of drug-likeness (QED) is 0.822. The lowest BCUT2D eigenvalue weighted by Gasteiger charge is -2.35. The first-order chi connectivity index (χ1) is 13.2. The minimum atomic E-state index is -0.535. The summed E-state index contributed by atoms with van der Waals surface area (Å²) in [6, 6.07) is 2.94. The summed E-state index contributed by atoms with van der Waals surface area (Å²) in [4.78, 5) is 24.5. The number of hydrogen-bond donors (Lipinski definition) is 2. The number of piperidine rings is 1. The Hall–Kier alpha value is -2.03. The number of morpholine rings is 1. The van der Waals surface area contributed by atoms with Gasteiger partial charge in [-0.2, -0.15) is 0 Å². The second-order valence-corrected chi connectivity index (χ2v) is 7.29. The fourth-order valence-electron chi connectivity index (χ4n) is 3.94. The molecule has 2 aliphatic rings. The zero-order chi connectivity index (χ0) is 18.6. The number of nitrogens with zero attached hydrogens (tertiary/aromatic N) is 3. The van der Waals surface area contributed by atoms with Crippen LogP contribution in [-0.4, -0.2) is 84.2 Å². The number of aromatic nitrogens is 2. The molecule has 0 saturated carbocycles. The Bertz CT molecular complexity index is 789. The Kier molecular flexibility index (Phi) is 5.66. The predicted molar refractivity (Wildman–Crippen MR) is 100 cm³/mol. The van der Waals surface area contributed by atoms with Gasteiger partial charge in [-0.05, 0) is 31.5 Å². The second kappa shape index (κ2) is 8.33. The molecule has 2 aromatic rings. The second-order valence-electron chi connectivity index (χ2n) is 7.29. The van der Waals surface area contributed by atoms with E-state index in [2.05, 4.69) is 25.1 Å². The molecule has 2 aliphatic heterocycles. The number of ether oxygens (including phenoxy) is 1. The number of amides is 1. The standard InChI is InChI=1S/C19H26FN5O2/c20-15-3-4-16-18(22-13-21-16)17(15)19(26)23-14-2-1-5-25(12-14)7-6-24-8-10-27-11-9-24/h3-4,13-14H,1-2,5-12H2,(H,21,22)(H,23,26). The van der Waals surface area contributed by atoms with Crippen molar-refractivity contribution in [2.45, 2.75) is 18.9 Å². The molecule has 8 heteroatoms. The number of benzene rings is 1. The molecule has 0 spiro atoms. The van der Waals surface area contributed by atoms with E-state index in [1.165, 1.54) is 12.4 Å². The molecule has 0 radical (unpaired) electrons. The smallest absolute Gasteiger partial charge is 0.256 e. The summed E-state index contributed by atoms with van der Waals surface area (Å²) in [6.45, 7) is 7.43. The van der Waals surface area contributed by atoms with Gasteiger partial charge in [0.25, 0.3) is 5.91 Å². The zero-order valence-electron chi connectivity index (χ0n) is 15.4. The van der Waals surface area contributed by atoms with E-state index in [-0.39, 0.29) is 17.5 Å². The number of fused-ring (bicyclic) bond motifs is 1. The van der Waals surface area contributed by atoms with E-state index in [1.807, 2.05) is 0 Å². The molecule has 1 atom stereocenters. The number of nitrogens with one attached hydrogen (secondary N) is 2. The molecule has 0 bridgehead atoms. The number of hydrogen-bond acceptors (Lipinski definition) is 5. The van der Waals surface area contributed by atoms with Crippen LogP contribution in [0.5, 0.6) is 0 Å². The van der Waals surface area contributed by atoms with E-state index >= 15 is 0 Å². The van der Waals surface area contributed by atoms with Gasteiger partial charge in [-0.1, -0.05) is 0 Å². The van der Waals surface area contributed by atoms with Gasteiger partial charge in [0, 0.05) is 38.8 Å². The van der Waals surface area contributed by atoms with Gasteiger partial charge in [-0.15, -0.1) is 0 Å². The highest BCUT2D eigenvalue weighted by atomic mass is 19.1. The van der Waals surface area contributed by atoms with E-state index in [1.54, 1.807) is 6.07 Å². The van der Waals surface area contributed by atoms with Crippen molar-refractivity contribution in [2.24, 2.45) is 0 Å². The molecule has 1 unspecified atom stereocenters. The zero-order valence-corrected chi connectivity index (χ0v) is 15.4. The first kappa shape index (κ1) is 18.3. The van der Waals surface area contributed by atoms with E-state index in [0.717, 1.165) is 65.3 Å². The summed E-state index contributed by atoms with van der Waals surface area (Å²) in [5.41, 5.74) is 1.07. The average Bonchev–Trinajstić information content (AvgIpc) is 3.16. The van der Waals surface area contributed by atoms with Crippen LogP contribution in [0.1, 0.15) is 23.2 Å². The molecule has 1 aromatic carbocycles. The average molecular weight is 375 g/mol. The number of rotatable bonds is 5. The SMILES string of the molecule is O=C(NC1CCCN(CCN2CCOCC2)C1)c1c(F)ccc2[nH]cnc12. The summed E-state index contributed by atoms with van der Waals surface area (Å²) < 4.78 is 19.7. The summed E-state index contributed by atoms with van der Waals surface area (Å²) in [6.07, 6.45) is 3.43. The van der Waals surface area contributed by atoms with Gasteiger partial charge in [0.1, 0.15) is 16.9 Å². The van der Waals surface area contributed by atoms with Crippen LogP contribution in [0.15, 0.2) is 18.5 Å². The predicted octanol–water partition coefficient (Wildman–Crippen LogP) is 1.23. The van der Waals surface area contributed by atoms with E-state index in [0.29, 0.717) is 11.0 Å². The van der Waals surface area contributed by atoms with Gasteiger partial charge >= 0.3 is 0 Å². The molecule has 1 amide bonds. The highest BCUT2D eigenvalue weighted by molar-refractivity contribution is 6.05. The van der Waals surface area contributed by atoms with Crippen molar-refractivity contribution in [3.05, 3.63) is 29.8 Å². The molecular formula is C19H26FN5O2. The lowest BCUT2D eigenvalue weighted by atomic mass is 10.0. The van der Waals surface area contributed by atoms with Gasteiger partial charge in [0.15, 0.2) is 0 Å². The van der Waals surface area contributed by atoms with Crippen molar-refractivity contribution >= 4 is 16.9 Å². The molecular weight excluding hydrogens is 349 g/mol. The van der Waals surface area contributed by atoms with Gasteiger partial charge in [0.05, 0.1) is 25.1 Å². The maximum absolute atomic E-state index is 14.3. The third-order valence-corrected chi connectivity index (χ3v) is 5.44. The number of likely N-dealkylation sites (tertiary alicyclic amines) is 1. The van der Waals surface area contributed by atoms with E-state index in [9.17, 15) is 9.18 Å². The fraction of sp³-hybridized carbons (Fsp3) is 0.579. The third-order valence-electron chi connectivity index (χ3n) is 5.44. The van der Waals surface area contributed by atoms with Crippen molar-refractivity contribution in [1.29, 1.82) is 0 Å². The number of imidazole rings is 1. The van der Waals surface area contributed by atoms with Crippen LogP contribution in [0.25, 0.3) is 11.0 Å². The van der Waals surface area contributed by atoms with Crippen LogP contribution in [0.4, 0.5) is 4.39 Å². The molecule has 4 rings (SSSR count). The molecule has 3 heterocycles. The van der Waals surface area contributed by atoms with Crippen LogP contribution in [0, 0.1) is 5.82 Å². The van der Waals surface area contributed by atoms with Crippen LogP contribution < -0.4 is 5.32 Å². The van der Waals surface area contributed by atoms with Crippen LogP contribution in [0.2, 0.25) is 0 Å². The maximum Gasteiger partial charge on any atom is 0.256 e. The lowest BCUT2D eigenvalue weighted by molar-refractivity contribution is 0.0315. The first-order valence-corrected chi connectivity index (χ1v) is 9.65. The maximum atomic E-state index is 14.3. The molecule has 2 N–H and O–H groups in total. The normalized spacial score (nSPS) is 22.2. The van der Waals surface area contributed by atoms with Crippen LogP contribution >= 0.6 is 0 Å². The van der Waals surface area contributed by atoms with Crippen molar-refractivity contribution in [1.82, 2.24) is 25.1 Å². The summed E-state index contributed by atoms with van der Waals surface area (Å²) in [5, 5.41) is 3.02. The van der Waals surface area contributed by atoms with Gasteiger partial charge in [-0.3, -0.25) is 9.69 Å². The highest BCUT2D eigenvalue weighted by Crippen LogP contribution is 2.19. The molecule has 2 fully saturated rings. The van der Waals surface area contributed by atoms with E-state index < -0.39 is 5.82 Å². The third kappa shape index (κ3) is 4.28. The lowest BCUT2D eigenvalue weighted by Crippen LogP contribution is -2.50. The summed E-state index contributed by atoms with van der Waals surface area (Å²) >= 11 is 0. The molecule has 27 heavy (non-hydrogen) atoms. The van der Waals surface area contributed by atoms with Crippen LogP contribution in [0.3, 0.4) is 0 Å². The molecule has 0 aliphatic carbocycles. The highest BCUT2D eigenvalue weighted by Gasteiger charge is 2.25. The number of aromatic amines is 1. The van der Waals surface area contributed by atoms with Gasteiger partial charge in [-0.25, -0.2) is 9.37 Å². The minimum absolute atomic E-state index is 0.0270. The van der Waals surface area contributed by atoms with Crippen LogP contribution in [-0.2, 0) is 4.74 Å². The molecule has 7 nitrogen and oxygen atoms in total. The summed E-state index contributed by atoms with van der Waals surface area (Å²) in [5.74, 6) is -0.919. The molecule has 146 valence electrons. The summed E-state index contributed by atoms with van der Waals surface area (Å²) in [7, 11) is 0. The Labute approximate surface area is 157 Å². The Morgan fingerprint density at radius 2 is 2.07 bits per heavy atom. The van der Waals surface area contributed by atoms with Crippen molar-refractivity contribution in [3.63, 3.8) is 0 Å². The van der Waals surface area contributed by atoms with Crippen molar-refractivity contribution in [2.75, 3.05) is 52.5 Å². The van der Waals surface area contributed by atoms with E-state index in [4.69, 9.17) is 4.74 Å². The first-order valence-electron chi connectivity index (χ1n) is 9.65. The molecule has 1 aromatic heterocycles. The molecule has 2 saturated heterocycles. The fourth-order valence-corrected chi connectivity index (χ4v) is 3.94. The minimum Gasteiger partial charge on any atom is -0.379 e. The number of carbonyl (C=O) groups is 1. The Balaban J connectivity index is 1.35. The van der Waals surface area contributed by atoms with Gasteiger partial charge in [0.2, 0.25) is 0 Å².